The molecule has 1 atom stereocenters. The van der Waals surface area contributed by atoms with E-state index in [1.807, 2.05) is 24.3 Å². The van der Waals surface area contributed by atoms with Crippen molar-refractivity contribution < 1.29 is 4.79 Å². The Bertz CT molecular complexity index is 708. The van der Waals surface area contributed by atoms with Crippen LogP contribution in [0, 0.1) is 0 Å². The molecule has 0 unspecified atom stereocenters. The highest BCUT2D eigenvalue weighted by molar-refractivity contribution is 6.30. The molecule has 3 rings (SSSR count). The molecule has 0 fully saturated rings. The van der Waals surface area contributed by atoms with E-state index in [1.54, 1.807) is 0 Å². The number of aryl methyl sites for hydroxylation is 3. The van der Waals surface area contributed by atoms with E-state index in [4.69, 9.17) is 11.6 Å². The summed E-state index contributed by atoms with van der Waals surface area (Å²) >= 11 is 5.88. The fourth-order valence-electron chi connectivity index (χ4n) is 3.33. The van der Waals surface area contributed by atoms with Crippen LogP contribution in [0.4, 0.5) is 0 Å². The lowest BCUT2D eigenvalue weighted by Gasteiger charge is -2.20. The number of rotatable bonds is 5. The summed E-state index contributed by atoms with van der Waals surface area (Å²) in [5.74, 6) is 0.0928. The molecule has 0 radical (unpaired) electrons. The third-order valence-electron chi connectivity index (χ3n) is 4.80. The van der Waals surface area contributed by atoms with Crippen molar-refractivity contribution in [1.82, 2.24) is 5.32 Å². The maximum atomic E-state index is 12.2. The van der Waals surface area contributed by atoms with Crippen LogP contribution in [-0.2, 0) is 24.1 Å². The van der Waals surface area contributed by atoms with Crippen LogP contribution in [0.3, 0.4) is 0 Å². The molecule has 1 aliphatic carbocycles. The molecule has 0 heterocycles. The number of carbonyl (C=O) groups is 1. The zero-order valence-corrected chi connectivity index (χ0v) is 14.9. The van der Waals surface area contributed by atoms with Gasteiger partial charge in [-0.2, -0.15) is 0 Å². The Labute approximate surface area is 149 Å². The van der Waals surface area contributed by atoms with E-state index in [2.05, 4.69) is 30.4 Å². The highest BCUT2D eigenvalue weighted by Crippen LogP contribution is 2.24. The summed E-state index contributed by atoms with van der Waals surface area (Å²) in [6.07, 6.45) is 6.16. The molecule has 0 saturated carbocycles. The molecule has 1 aliphatic rings. The number of halogens is 1. The monoisotopic (exact) mass is 341 g/mol. The van der Waals surface area contributed by atoms with Crippen molar-refractivity contribution in [3.63, 3.8) is 0 Å². The first-order chi connectivity index (χ1) is 11.6. The molecule has 0 bridgehead atoms. The molecule has 24 heavy (non-hydrogen) atoms. The predicted molar refractivity (Wildman–Crippen MR) is 99.4 cm³/mol. The van der Waals surface area contributed by atoms with Gasteiger partial charge in [0, 0.05) is 11.4 Å². The molecule has 3 heteroatoms. The topological polar surface area (TPSA) is 29.1 Å². The highest BCUT2D eigenvalue weighted by atomic mass is 35.5. The first kappa shape index (κ1) is 17.0. The van der Waals surface area contributed by atoms with Gasteiger partial charge in [-0.3, -0.25) is 4.79 Å². The van der Waals surface area contributed by atoms with Crippen LogP contribution in [-0.4, -0.2) is 5.91 Å². The first-order valence-corrected chi connectivity index (χ1v) is 9.15. The smallest absolute Gasteiger partial charge is 0.220 e. The summed E-state index contributed by atoms with van der Waals surface area (Å²) in [6, 6.07) is 14.4. The number of fused-ring (bicyclic) bond motifs is 1. The molecule has 2 nitrogen and oxygen atoms in total. The standard InChI is InChI=1S/C21H24ClNO/c1-15(18-10-9-17-4-2-3-5-19(17)14-18)23-21(24)13-8-16-6-11-20(22)12-7-16/h6-7,9-12,14-15H,2-5,8,13H2,1H3,(H,23,24)/t15-/m0/s1. The molecule has 1 N–H and O–H groups in total. The lowest BCUT2D eigenvalue weighted by Crippen LogP contribution is -2.27. The summed E-state index contributed by atoms with van der Waals surface area (Å²) in [5.41, 5.74) is 5.28. The van der Waals surface area contributed by atoms with Crippen molar-refractivity contribution in [3.8, 4) is 0 Å². The maximum Gasteiger partial charge on any atom is 0.220 e. The minimum atomic E-state index is 0.0509. The Morgan fingerprint density at radius 1 is 1.08 bits per heavy atom. The third kappa shape index (κ3) is 4.39. The van der Waals surface area contributed by atoms with Gasteiger partial charge in [-0.25, -0.2) is 0 Å². The van der Waals surface area contributed by atoms with Crippen molar-refractivity contribution in [1.29, 1.82) is 0 Å². The van der Waals surface area contributed by atoms with Crippen molar-refractivity contribution in [3.05, 3.63) is 69.7 Å². The van der Waals surface area contributed by atoms with Gasteiger partial charge >= 0.3 is 0 Å². The molecule has 0 saturated heterocycles. The van der Waals surface area contributed by atoms with Crippen LogP contribution in [0.1, 0.15) is 54.5 Å². The second-order valence-corrected chi connectivity index (χ2v) is 7.09. The Hall–Kier alpha value is -1.80. The number of hydrogen-bond donors (Lipinski definition) is 1. The van der Waals surface area contributed by atoms with Crippen LogP contribution >= 0.6 is 11.6 Å². The highest BCUT2D eigenvalue weighted by Gasteiger charge is 2.14. The summed E-state index contributed by atoms with van der Waals surface area (Å²) in [5, 5.41) is 3.85. The van der Waals surface area contributed by atoms with Gasteiger partial charge in [-0.15, -0.1) is 0 Å². The summed E-state index contributed by atoms with van der Waals surface area (Å²) < 4.78 is 0. The number of benzene rings is 2. The largest absolute Gasteiger partial charge is 0.350 e. The molecule has 2 aromatic rings. The van der Waals surface area contributed by atoms with Crippen molar-refractivity contribution in [2.45, 2.75) is 51.5 Å². The normalized spacial score (nSPS) is 14.8. The van der Waals surface area contributed by atoms with E-state index < -0.39 is 0 Å². The van der Waals surface area contributed by atoms with Crippen molar-refractivity contribution in [2.24, 2.45) is 0 Å². The van der Waals surface area contributed by atoms with Crippen LogP contribution in [0.5, 0.6) is 0 Å². The van der Waals surface area contributed by atoms with Crippen LogP contribution in [0.25, 0.3) is 0 Å². The molecule has 126 valence electrons. The first-order valence-electron chi connectivity index (χ1n) is 8.77. The average molecular weight is 342 g/mol. The van der Waals surface area contributed by atoms with E-state index in [-0.39, 0.29) is 11.9 Å². The Kier molecular flexibility index (Phi) is 5.57. The number of carbonyl (C=O) groups excluding carboxylic acids is 1. The summed E-state index contributed by atoms with van der Waals surface area (Å²) in [4.78, 5) is 12.2. The Morgan fingerprint density at radius 3 is 2.54 bits per heavy atom. The van der Waals surface area contributed by atoms with Crippen LogP contribution in [0.15, 0.2) is 42.5 Å². The molecule has 0 aromatic heterocycles. The molecule has 2 aromatic carbocycles. The van der Waals surface area contributed by atoms with Crippen LogP contribution < -0.4 is 5.32 Å². The van der Waals surface area contributed by atoms with E-state index in [0.717, 1.165) is 17.0 Å². The SMILES string of the molecule is C[C@H](NC(=O)CCc1ccc(Cl)cc1)c1ccc2c(c1)CCCC2. The molecular weight excluding hydrogens is 318 g/mol. The molecular formula is C21H24ClNO. The van der Waals surface area contributed by atoms with Gasteiger partial charge in [-0.05, 0) is 73.4 Å². The summed E-state index contributed by atoms with van der Waals surface area (Å²) in [7, 11) is 0. The molecule has 1 amide bonds. The molecule has 0 aliphatic heterocycles. The third-order valence-corrected chi connectivity index (χ3v) is 5.06. The maximum absolute atomic E-state index is 12.2. The fourth-order valence-corrected chi connectivity index (χ4v) is 3.45. The van der Waals surface area contributed by atoms with E-state index >= 15 is 0 Å². The number of hydrogen-bond acceptors (Lipinski definition) is 1. The minimum Gasteiger partial charge on any atom is -0.350 e. The zero-order valence-electron chi connectivity index (χ0n) is 14.1. The van der Waals surface area contributed by atoms with Crippen molar-refractivity contribution >= 4 is 17.5 Å². The fraction of sp³-hybridized carbons (Fsp3) is 0.381. The number of nitrogens with one attached hydrogen (secondary N) is 1. The lowest BCUT2D eigenvalue weighted by molar-refractivity contribution is -0.121. The lowest BCUT2D eigenvalue weighted by atomic mass is 9.89. The second-order valence-electron chi connectivity index (χ2n) is 6.65. The van der Waals surface area contributed by atoms with Gasteiger partial charge in [-0.1, -0.05) is 41.9 Å². The average Bonchev–Trinajstić information content (AvgIpc) is 2.61. The Morgan fingerprint density at radius 2 is 1.79 bits per heavy atom. The van der Waals surface area contributed by atoms with Gasteiger partial charge in [0.05, 0.1) is 6.04 Å². The van der Waals surface area contributed by atoms with E-state index in [9.17, 15) is 4.79 Å². The zero-order chi connectivity index (χ0) is 16.9. The van der Waals surface area contributed by atoms with Gasteiger partial charge in [0.25, 0.3) is 0 Å². The van der Waals surface area contributed by atoms with Gasteiger partial charge < -0.3 is 5.32 Å². The van der Waals surface area contributed by atoms with E-state index in [0.29, 0.717) is 6.42 Å². The van der Waals surface area contributed by atoms with E-state index in [1.165, 1.54) is 42.4 Å². The minimum absolute atomic E-state index is 0.0509. The van der Waals surface area contributed by atoms with Gasteiger partial charge in [0.1, 0.15) is 0 Å². The predicted octanol–water partition coefficient (Wildman–Crippen LogP) is 5.03. The quantitative estimate of drug-likeness (QED) is 0.812. The second kappa shape index (κ2) is 7.85. The van der Waals surface area contributed by atoms with Gasteiger partial charge in [0.2, 0.25) is 5.91 Å². The van der Waals surface area contributed by atoms with Gasteiger partial charge in [0.15, 0.2) is 0 Å². The summed E-state index contributed by atoms with van der Waals surface area (Å²) in [6.45, 7) is 2.06. The molecule has 0 spiro atoms. The van der Waals surface area contributed by atoms with Crippen LogP contribution in [0.2, 0.25) is 5.02 Å². The van der Waals surface area contributed by atoms with Crippen molar-refractivity contribution in [2.75, 3.05) is 0 Å². The number of amides is 1. The Balaban J connectivity index is 1.55.